The van der Waals surface area contributed by atoms with Crippen LogP contribution in [0.2, 0.25) is 0 Å². The summed E-state index contributed by atoms with van der Waals surface area (Å²) >= 11 is 1.76. The summed E-state index contributed by atoms with van der Waals surface area (Å²) in [6.07, 6.45) is 3.32. The van der Waals surface area contributed by atoms with Gasteiger partial charge in [0.1, 0.15) is 0 Å². The van der Waals surface area contributed by atoms with Gasteiger partial charge in [-0.1, -0.05) is 12.1 Å². The molecule has 5 heteroatoms. The van der Waals surface area contributed by atoms with Gasteiger partial charge in [0.15, 0.2) is 5.96 Å². The Hall–Kier alpha value is -1.20. The molecule has 1 aliphatic rings. The molecule has 20 heavy (non-hydrogen) atoms. The maximum atomic E-state index is 6.01. The normalized spacial score (nSPS) is 17.2. The Balaban J connectivity index is 2.05. The Bertz CT molecular complexity index is 451. The van der Waals surface area contributed by atoms with E-state index in [9.17, 15) is 0 Å². The number of hydrogen-bond donors (Lipinski definition) is 1. The fourth-order valence-corrected chi connectivity index (χ4v) is 2.63. The average Bonchev–Trinajstić information content (AvgIpc) is 2.37. The van der Waals surface area contributed by atoms with E-state index in [1.807, 2.05) is 0 Å². The molecule has 1 unspecified atom stereocenters. The number of nitrogens with zero attached hydrogens (tertiary/aromatic N) is 3. The SMILES string of the molecule is CSc1ccc(C(CN=C(N)N2CCC2)N(C)C)cc1. The molecular weight excluding hydrogens is 268 g/mol. The molecule has 1 aromatic rings. The van der Waals surface area contributed by atoms with E-state index in [1.54, 1.807) is 11.8 Å². The van der Waals surface area contributed by atoms with Crippen molar-refractivity contribution in [2.75, 3.05) is 40.0 Å². The molecule has 1 saturated heterocycles. The zero-order chi connectivity index (χ0) is 14.5. The third-order valence-electron chi connectivity index (χ3n) is 3.73. The van der Waals surface area contributed by atoms with Crippen LogP contribution in [0.3, 0.4) is 0 Å². The number of likely N-dealkylation sites (N-methyl/N-ethyl adjacent to an activating group) is 1. The first kappa shape index (κ1) is 15.2. The van der Waals surface area contributed by atoms with Crippen LogP contribution < -0.4 is 5.73 Å². The second kappa shape index (κ2) is 6.99. The Morgan fingerprint density at radius 1 is 1.35 bits per heavy atom. The van der Waals surface area contributed by atoms with E-state index in [4.69, 9.17) is 5.73 Å². The molecule has 1 fully saturated rings. The van der Waals surface area contributed by atoms with Crippen molar-refractivity contribution >= 4 is 17.7 Å². The third kappa shape index (κ3) is 3.67. The average molecular weight is 292 g/mol. The lowest BCUT2D eigenvalue weighted by atomic mass is 10.1. The molecule has 0 amide bonds. The lowest BCUT2D eigenvalue weighted by molar-refractivity contribution is 0.286. The standard InChI is InChI=1S/C15H24N4S/c1-18(2)14(11-17-15(16)19-9-4-10-19)12-5-7-13(20-3)8-6-12/h5-8,14H,4,9-11H2,1-3H3,(H2,16,17). The summed E-state index contributed by atoms with van der Waals surface area (Å²) in [4.78, 5) is 10.2. The van der Waals surface area contributed by atoms with Crippen LogP contribution in [-0.2, 0) is 0 Å². The summed E-state index contributed by atoms with van der Waals surface area (Å²) in [7, 11) is 4.17. The fourth-order valence-electron chi connectivity index (χ4n) is 2.22. The van der Waals surface area contributed by atoms with Crippen molar-refractivity contribution in [2.24, 2.45) is 10.7 Å². The first-order chi connectivity index (χ1) is 9.61. The highest BCUT2D eigenvalue weighted by Gasteiger charge is 2.18. The van der Waals surface area contributed by atoms with Crippen LogP contribution in [0.1, 0.15) is 18.0 Å². The molecule has 2 rings (SSSR count). The monoisotopic (exact) mass is 292 g/mol. The van der Waals surface area contributed by atoms with Crippen LogP contribution in [0.5, 0.6) is 0 Å². The van der Waals surface area contributed by atoms with E-state index in [-0.39, 0.29) is 6.04 Å². The number of rotatable bonds is 5. The number of aliphatic imine (C=N–C) groups is 1. The molecule has 0 aliphatic carbocycles. The van der Waals surface area contributed by atoms with Gasteiger partial charge in [-0.05, 0) is 44.5 Å². The van der Waals surface area contributed by atoms with Crippen LogP contribution in [0.25, 0.3) is 0 Å². The third-order valence-corrected chi connectivity index (χ3v) is 4.47. The molecule has 0 radical (unpaired) electrons. The van der Waals surface area contributed by atoms with Crippen LogP contribution in [-0.4, -0.2) is 55.7 Å². The van der Waals surface area contributed by atoms with E-state index in [0.717, 1.165) is 13.1 Å². The van der Waals surface area contributed by atoms with Gasteiger partial charge in [-0.25, -0.2) is 0 Å². The number of hydrogen-bond acceptors (Lipinski definition) is 3. The highest BCUT2D eigenvalue weighted by Crippen LogP contribution is 2.22. The first-order valence-corrected chi connectivity index (χ1v) is 8.19. The molecule has 0 spiro atoms. The van der Waals surface area contributed by atoms with E-state index in [1.165, 1.54) is 16.9 Å². The maximum absolute atomic E-state index is 6.01. The minimum absolute atomic E-state index is 0.269. The molecule has 110 valence electrons. The number of guanidine groups is 1. The largest absolute Gasteiger partial charge is 0.370 e. The van der Waals surface area contributed by atoms with Gasteiger partial charge in [0.05, 0.1) is 12.6 Å². The quantitative estimate of drug-likeness (QED) is 0.512. The molecule has 1 aromatic carbocycles. The van der Waals surface area contributed by atoms with Gasteiger partial charge in [-0.15, -0.1) is 11.8 Å². The predicted molar refractivity (Wildman–Crippen MR) is 87.3 cm³/mol. The fraction of sp³-hybridized carbons (Fsp3) is 0.533. The Kier molecular flexibility index (Phi) is 5.31. The highest BCUT2D eigenvalue weighted by atomic mass is 32.2. The van der Waals surface area contributed by atoms with Crippen molar-refractivity contribution < 1.29 is 0 Å². The van der Waals surface area contributed by atoms with Crippen LogP contribution in [0, 0.1) is 0 Å². The van der Waals surface area contributed by atoms with E-state index in [0.29, 0.717) is 12.5 Å². The van der Waals surface area contributed by atoms with Gasteiger partial charge >= 0.3 is 0 Å². The Labute approximate surface area is 126 Å². The molecular formula is C15H24N4S. The molecule has 1 heterocycles. The van der Waals surface area contributed by atoms with Crippen molar-refractivity contribution in [3.8, 4) is 0 Å². The second-order valence-electron chi connectivity index (χ2n) is 5.29. The van der Waals surface area contributed by atoms with E-state index >= 15 is 0 Å². The van der Waals surface area contributed by atoms with Crippen molar-refractivity contribution in [1.29, 1.82) is 0 Å². The van der Waals surface area contributed by atoms with Gasteiger partial charge in [0, 0.05) is 18.0 Å². The number of likely N-dealkylation sites (tertiary alicyclic amines) is 1. The summed E-state index contributed by atoms with van der Waals surface area (Å²) < 4.78 is 0. The van der Waals surface area contributed by atoms with Gasteiger partial charge in [0.2, 0.25) is 0 Å². The minimum atomic E-state index is 0.269. The van der Waals surface area contributed by atoms with Crippen LogP contribution in [0.4, 0.5) is 0 Å². The van der Waals surface area contributed by atoms with Crippen molar-refractivity contribution in [3.63, 3.8) is 0 Å². The Morgan fingerprint density at radius 3 is 2.45 bits per heavy atom. The van der Waals surface area contributed by atoms with Crippen molar-refractivity contribution in [3.05, 3.63) is 29.8 Å². The highest BCUT2D eigenvalue weighted by molar-refractivity contribution is 7.98. The van der Waals surface area contributed by atoms with Gasteiger partial charge in [0.25, 0.3) is 0 Å². The molecule has 0 saturated carbocycles. The number of benzene rings is 1. The molecule has 2 N–H and O–H groups in total. The summed E-state index contributed by atoms with van der Waals surface area (Å²) in [5, 5.41) is 0. The van der Waals surface area contributed by atoms with E-state index < -0.39 is 0 Å². The zero-order valence-corrected chi connectivity index (χ0v) is 13.4. The second-order valence-corrected chi connectivity index (χ2v) is 6.17. The summed E-state index contributed by atoms with van der Waals surface area (Å²) in [6.45, 7) is 2.79. The maximum Gasteiger partial charge on any atom is 0.191 e. The molecule has 1 aliphatic heterocycles. The first-order valence-electron chi connectivity index (χ1n) is 6.97. The number of thioether (sulfide) groups is 1. The molecule has 0 bridgehead atoms. The molecule has 1 atom stereocenters. The summed E-state index contributed by atoms with van der Waals surface area (Å²) in [5.74, 6) is 0.684. The molecule has 0 aromatic heterocycles. The predicted octanol–water partition coefficient (Wildman–Crippen LogP) is 2.03. The minimum Gasteiger partial charge on any atom is -0.370 e. The zero-order valence-electron chi connectivity index (χ0n) is 12.5. The van der Waals surface area contributed by atoms with Crippen LogP contribution >= 0.6 is 11.8 Å². The Morgan fingerprint density at radius 2 is 2.00 bits per heavy atom. The van der Waals surface area contributed by atoms with Gasteiger partial charge in [-0.3, -0.25) is 4.99 Å². The lowest BCUT2D eigenvalue weighted by Gasteiger charge is -2.32. The van der Waals surface area contributed by atoms with Crippen molar-refractivity contribution in [1.82, 2.24) is 9.80 Å². The van der Waals surface area contributed by atoms with Crippen molar-refractivity contribution in [2.45, 2.75) is 17.4 Å². The molecule has 4 nitrogen and oxygen atoms in total. The summed E-state index contributed by atoms with van der Waals surface area (Å²) in [5.41, 5.74) is 7.29. The lowest BCUT2D eigenvalue weighted by Crippen LogP contribution is -2.46. The van der Waals surface area contributed by atoms with E-state index in [2.05, 4.69) is 59.4 Å². The summed E-state index contributed by atoms with van der Waals surface area (Å²) in [6, 6.07) is 8.97. The number of nitrogens with two attached hydrogens (primary N) is 1. The smallest absolute Gasteiger partial charge is 0.191 e. The topological polar surface area (TPSA) is 44.9 Å². The van der Waals surface area contributed by atoms with Gasteiger partial charge in [-0.2, -0.15) is 0 Å². The van der Waals surface area contributed by atoms with Gasteiger partial charge < -0.3 is 15.5 Å². The van der Waals surface area contributed by atoms with Crippen LogP contribution in [0.15, 0.2) is 34.2 Å².